The number of benzene rings is 2. The van der Waals surface area contributed by atoms with Crippen molar-refractivity contribution in [2.45, 2.75) is 71.5 Å². The summed E-state index contributed by atoms with van der Waals surface area (Å²) in [6.07, 6.45) is -0.445. The van der Waals surface area contributed by atoms with Crippen LogP contribution in [0.15, 0.2) is 48.5 Å². The molecule has 0 radical (unpaired) electrons. The van der Waals surface area contributed by atoms with Gasteiger partial charge in [0, 0.05) is 24.7 Å². The van der Waals surface area contributed by atoms with E-state index < -0.39 is 12.2 Å². The molecular weight excluding hydrogens is 524 g/mol. The van der Waals surface area contributed by atoms with E-state index in [1.807, 2.05) is 48.5 Å². The minimum absolute atomic E-state index is 0.0559. The Bertz CT molecular complexity index is 1050. The minimum Gasteiger partial charge on any atom is -0.490 e. The lowest BCUT2D eigenvalue weighted by Crippen LogP contribution is -2.30. The van der Waals surface area contributed by atoms with Crippen LogP contribution in [0.5, 0.6) is 11.5 Å². The van der Waals surface area contributed by atoms with Gasteiger partial charge in [0.25, 0.3) is 0 Å². The number of hydrogen-bond acceptors (Lipinski definition) is 8. The maximum absolute atomic E-state index is 11.7. The third kappa shape index (κ3) is 10.4. The number of rotatable bonds is 16. The van der Waals surface area contributed by atoms with E-state index in [9.17, 15) is 14.4 Å². The molecule has 0 amide bonds. The van der Waals surface area contributed by atoms with E-state index in [1.54, 1.807) is 20.8 Å². The highest BCUT2D eigenvalue weighted by Crippen LogP contribution is 2.33. The highest BCUT2D eigenvalue weighted by molar-refractivity contribution is 6.18. The average molecular weight is 563 g/mol. The fraction of sp³-hybridized carbons (Fsp3) is 0.500. The number of esters is 3. The third-order valence-corrected chi connectivity index (χ3v) is 6.43. The molecule has 2 atom stereocenters. The van der Waals surface area contributed by atoms with Crippen molar-refractivity contribution in [2.24, 2.45) is 0 Å². The number of ether oxygens (including phenoxy) is 5. The Kier molecular flexibility index (Phi) is 13.1. The average Bonchev–Trinajstić information content (AvgIpc) is 2.96. The van der Waals surface area contributed by atoms with E-state index in [-0.39, 0.29) is 68.3 Å². The van der Waals surface area contributed by atoms with Crippen LogP contribution in [0.25, 0.3) is 0 Å². The Morgan fingerprint density at radius 2 is 1.08 bits per heavy atom. The molecule has 39 heavy (non-hydrogen) atoms. The van der Waals surface area contributed by atoms with Crippen LogP contribution in [-0.2, 0) is 34.0 Å². The van der Waals surface area contributed by atoms with Crippen LogP contribution >= 0.6 is 11.6 Å². The highest BCUT2D eigenvalue weighted by atomic mass is 35.5. The number of carbonyl (C=O) groups is 3. The first kappa shape index (κ1) is 32.0. The van der Waals surface area contributed by atoms with Gasteiger partial charge in [-0.25, -0.2) is 0 Å². The summed E-state index contributed by atoms with van der Waals surface area (Å²) in [6.45, 7) is 9.55. The Labute approximate surface area is 235 Å². The van der Waals surface area contributed by atoms with Crippen LogP contribution in [-0.4, -0.2) is 55.8 Å². The molecule has 0 fully saturated rings. The third-order valence-electron chi connectivity index (χ3n) is 6.09. The Hall–Kier alpha value is -3.26. The summed E-state index contributed by atoms with van der Waals surface area (Å²) in [5.74, 6) is 0.362. The molecule has 0 saturated heterocycles. The molecule has 0 aliphatic rings. The van der Waals surface area contributed by atoms with Gasteiger partial charge in [0.1, 0.15) is 37.4 Å². The van der Waals surface area contributed by atoms with Crippen LogP contribution in [0.2, 0.25) is 0 Å². The van der Waals surface area contributed by atoms with E-state index in [0.29, 0.717) is 11.5 Å². The summed E-state index contributed by atoms with van der Waals surface area (Å²) in [6, 6.07) is 15.4. The molecule has 214 valence electrons. The molecule has 8 nitrogen and oxygen atoms in total. The molecule has 0 heterocycles. The van der Waals surface area contributed by atoms with Gasteiger partial charge in [0.05, 0.1) is 5.88 Å². The highest BCUT2D eigenvalue weighted by Gasteiger charge is 2.24. The molecule has 0 aliphatic carbocycles. The zero-order valence-corrected chi connectivity index (χ0v) is 24.1. The summed E-state index contributed by atoms with van der Waals surface area (Å²) in [7, 11) is 0. The van der Waals surface area contributed by atoms with Gasteiger partial charge in [-0.1, -0.05) is 58.9 Å². The van der Waals surface area contributed by atoms with Gasteiger partial charge in [-0.15, -0.1) is 11.6 Å². The van der Waals surface area contributed by atoms with E-state index in [0.717, 1.165) is 11.1 Å². The molecular formula is C30H39ClO8. The fourth-order valence-corrected chi connectivity index (χ4v) is 3.69. The predicted octanol–water partition coefficient (Wildman–Crippen LogP) is 5.61. The summed E-state index contributed by atoms with van der Waals surface area (Å²) in [5.41, 5.74) is 1.85. The van der Waals surface area contributed by atoms with Crippen LogP contribution in [0, 0.1) is 0 Å². The van der Waals surface area contributed by atoms with E-state index in [2.05, 4.69) is 13.8 Å². The van der Waals surface area contributed by atoms with Crippen LogP contribution in [0.1, 0.15) is 65.0 Å². The van der Waals surface area contributed by atoms with Gasteiger partial charge >= 0.3 is 17.9 Å². The Morgan fingerprint density at radius 1 is 0.667 bits per heavy atom. The summed E-state index contributed by atoms with van der Waals surface area (Å²) >= 11 is 5.89. The Morgan fingerprint density at radius 3 is 1.49 bits per heavy atom. The lowest BCUT2D eigenvalue weighted by Gasteiger charge is -2.27. The molecule has 0 bridgehead atoms. The van der Waals surface area contributed by atoms with Crippen LogP contribution in [0.4, 0.5) is 0 Å². The lowest BCUT2D eigenvalue weighted by molar-refractivity contribution is -0.160. The second kappa shape index (κ2) is 16.0. The first-order valence-corrected chi connectivity index (χ1v) is 13.7. The van der Waals surface area contributed by atoms with E-state index >= 15 is 0 Å². The molecule has 2 aromatic carbocycles. The second-order valence-corrected chi connectivity index (χ2v) is 9.73. The van der Waals surface area contributed by atoms with Crippen molar-refractivity contribution in [3.8, 4) is 11.5 Å². The summed E-state index contributed by atoms with van der Waals surface area (Å²) in [4.78, 5) is 34.7. The zero-order chi connectivity index (χ0) is 28.8. The normalized spacial score (nSPS) is 12.7. The predicted molar refractivity (Wildman–Crippen MR) is 148 cm³/mol. The maximum atomic E-state index is 11.7. The molecule has 0 aliphatic heterocycles. The minimum atomic E-state index is -0.691. The van der Waals surface area contributed by atoms with Gasteiger partial charge in [0.2, 0.25) is 0 Å². The lowest BCUT2D eigenvalue weighted by atomic mass is 9.78. The van der Waals surface area contributed by atoms with Crippen molar-refractivity contribution in [3.05, 3.63) is 59.7 Å². The van der Waals surface area contributed by atoms with Crippen molar-refractivity contribution in [3.63, 3.8) is 0 Å². The van der Waals surface area contributed by atoms with Crippen LogP contribution in [0.3, 0.4) is 0 Å². The van der Waals surface area contributed by atoms with Gasteiger partial charge in [0.15, 0.2) is 6.10 Å². The quantitative estimate of drug-likeness (QED) is 0.148. The number of carbonyl (C=O) groups excluding carboxylic acids is 3. The van der Waals surface area contributed by atoms with Crippen molar-refractivity contribution >= 4 is 29.5 Å². The summed E-state index contributed by atoms with van der Waals surface area (Å²) in [5, 5.41) is 0. The fourth-order valence-electron chi connectivity index (χ4n) is 3.53. The monoisotopic (exact) mass is 562 g/mol. The van der Waals surface area contributed by atoms with E-state index in [1.165, 1.54) is 0 Å². The molecule has 2 rings (SSSR count). The first-order chi connectivity index (χ1) is 18.6. The first-order valence-electron chi connectivity index (χ1n) is 13.2. The molecule has 0 saturated carbocycles. The SMILES string of the molecule is CCC(=O)OC[C@H](COc1ccc(C(C)(C)c2ccc(OC[C@@H](CCl)OC(=O)CC)cc2)cc1)OC(=O)CC. The van der Waals surface area contributed by atoms with Gasteiger partial charge in [-0.05, 0) is 35.4 Å². The molecule has 0 aromatic heterocycles. The van der Waals surface area contributed by atoms with Gasteiger partial charge in [-0.3, -0.25) is 14.4 Å². The van der Waals surface area contributed by atoms with Crippen molar-refractivity contribution in [1.82, 2.24) is 0 Å². The maximum Gasteiger partial charge on any atom is 0.306 e. The molecule has 9 heteroatoms. The Balaban J connectivity index is 1.99. The standard InChI is InChI=1S/C30H39ClO8/c1-6-27(32)37-20-26(39-29(34)8-3)19-36-24-15-11-22(12-16-24)30(4,5)21-9-13-23(14-10-21)35-18-25(17-31)38-28(33)7-2/h9-16,25-26H,6-8,17-20H2,1-5H3/t25-,26+/m1/s1. The van der Waals surface area contributed by atoms with Crippen molar-refractivity contribution in [1.29, 1.82) is 0 Å². The summed E-state index contributed by atoms with van der Waals surface area (Å²) < 4.78 is 27.3. The zero-order valence-electron chi connectivity index (χ0n) is 23.4. The van der Waals surface area contributed by atoms with Crippen molar-refractivity contribution < 1.29 is 38.1 Å². The van der Waals surface area contributed by atoms with Gasteiger partial charge in [-0.2, -0.15) is 0 Å². The number of alkyl halides is 1. The van der Waals surface area contributed by atoms with E-state index in [4.69, 9.17) is 35.3 Å². The van der Waals surface area contributed by atoms with Crippen LogP contribution < -0.4 is 9.47 Å². The molecule has 0 unspecified atom stereocenters. The molecule has 0 spiro atoms. The van der Waals surface area contributed by atoms with Crippen molar-refractivity contribution in [2.75, 3.05) is 25.7 Å². The number of hydrogen-bond donors (Lipinski definition) is 0. The number of halogens is 1. The smallest absolute Gasteiger partial charge is 0.306 e. The molecule has 2 aromatic rings. The second-order valence-electron chi connectivity index (χ2n) is 9.42. The molecule has 0 N–H and O–H groups in total. The van der Waals surface area contributed by atoms with Gasteiger partial charge < -0.3 is 23.7 Å². The largest absolute Gasteiger partial charge is 0.490 e. The topological polar surface area (TPSA) is 97.4 Å².